The highest BCUT2D eigenvalue weighted by Crippen LogP contribution is 2.31. The number of methoxy groups -OCH3 is 1. The van der Waals surface area contributed by atoms with Gasteiger partial charge in [-0.25, -0.2) is 0 Å². The predicted molar refractivity (Wildman–Crippen MR) is 76.4 cm³/mol. The Balaban J connectivity index is 2.27. The third kappa shape index (κ3) is 3.26. The number of nitrogens with two attached hydrogens (primary N) is 1. The van der Waals surface area contributed by atoms with Gasteiger partial charge in [0.1, 0.15) is 5.75 Å². The first kappa shape index (κ1) is 14.3. The summed E-state index contributed by atoms with van der Waals surface area (Å²) in [5.74, 6) is 0.885. The molecule has 0 spiro atoms. The maximum Gasteiger partial charge on any atom is 0.119 e. The zero-order valence-electron chi connectivity index (χ0n) is 11.8. The van der Waals surface area contributed by atoms with Crippen molar-refractivity contribution in [1.29, 1.82) is 0 Å². The molecule has 106 valence electrons. The average molecular weight is 264 g/mol. The summed E-state index contributed by atoms with van der Waals surface area (Å²) in [6, 6.07) is 8.45. The Morgan fingerprint density at radius 3 is 3.00 bits per heavy atom. The molecule has 4 nitrogen and oxygen atoms in total. The lowest BCUT2D eigenvalue weighted by molar-refractivity contribution is -0.0676. The Kier molecular flexibility index (Phi) is 5.19. The second-order valence-electron chi connectivity index (χ2n) is 4.90. The van der Waals surface area contributed by atoms with Crippen LogP contribution in [0.1, 0.15) is 24.9 Å². The normalized spacial score (nSPS) is 24.4. The van der Waals surface area contributed by atoms with Crippen LogP contribution in [-0.4, -0.2) is 44.4 Å². The molecule has 1 heterocycles. The van der Waals surface area contributed by atoms with E-state index in [1.54, 1.807) is 7.11 Å². The van der Waals surface area contributed by atoms with E-state index in [9.17, 15) is 0 Å². The smallest absolute Gasteiger partial charge is 0.119 e. The maximum atomic E-state index is 5.88. The first-order valence-electron chi connectivity index (χ1n) is 6.99. The van der Waals surface area contributed by atoms with Crippen molar-refractivity contribution in [3.63, 3.8) is 0 Å². The summed E-state index contributed by atoms with van der Waals surface area (Å²) in [5.41, 5.74) is 7.10. The molecule has 2 N–H and O–H groups in total. The standard InChI is InChI=1S/C15H24N2O2/c1-3-7-17-8-9-19-14(11-16)15(17)12-5-4-6-13(10-12)18-2/h4-6,10,14-15H,3,7-9,11,16H2,1-2H3. The second kappa shape index (κ2) is 6.89. The van der Waals surface area contributed by atoms with Crippen molar-refractivity contribution in [2.24, 2.45) is 5.73 Å². The van der Waals surface area contributed by atoms with E-state index in [2.05, 4.69) is 24.0 Å². The summed E-state index contributed by atoms with van der Waals surface area (Å²) in [6.07, 6.45) is 1.20. The van der Waals surface area contributed by atoms with Gasteiger partial charge < -0.3 is 15.2 Å². The number of morpholine rings is 1. The van der Waals surface area contributed by atoms with Gasteiger partial charge in [0, 0.05) is 13.1 Å². The van der Waals surface area contributed by atoms with Gasteiger partial charge in [-0.1, -0.05) is 19.1 Å². The van der Waals surface area contributed by atoms with E-state index < -0.39 is 0 Å². The molecule has 0 radical (unpaired) electrons. The number of hydrogen-bond acceptors (Lipinski definition) is 4. The van der Waals surface area contributed by atoms with Gasteiger partial charge in [0.2, 0.25) is 0 Å². The van der Waals surface area contributed by atoms with Gasteiger partial charge in [0.25, 0.3) is 0 Å². The molecule has 0 aromatic heterocycles. The van der Waals surface area contributed by atoms with E-state index in [-0.39, 0.29) is 12.1 Å². The van der Waals surface area contributed by atoms with Crippen LogP contribution in [0.2, 0.25) is 0 Å². The summed E-state index contributed by atoms with van der Waals surface area (Å²) in [4.78, 5) is 2.47. The van der Waals surface area contributed by atoms with Crippen LogP contribution in [0, 0.1) is 0 Å². The molecule has 2 unspecified atom stereocenters. The van der Waals surface area contributed by atoms with Crippen LogP contribution in [0.25, 0.3) is 0 Å². The van der Waals surface area contributed by atoms with Crippen LogP contribution in [-0.2, 0) is 4.74 Å². The Morgan fingerprint density at radius 2 is 2.32 bits per heavy atom. The fraction of sp³-hybridized carbons (Fsp3) is 0.600. The fourth-order valence-electron chi connectivity index (χ4n) is 2.77. The van der Waals surface area contributed by atoms with Gasteiger partial charge in [-0.2, -0.15) is 0 Å². The first-order valence-corrected chi connectivity index (χ1v) is 6.99. The van der Waals surface area contributed by atoms with E-state index >= 15 is 0 Å². The molecule has 1 aliphatic rings. The van der Waals surface area contributed by atoms with Gasteiger partial charge in [-0.05, 0) is 30.7 Å². The molecular weight excluding hydrogens is 240 g/mol. The molecule has 2 atom stereocenters. The van der Waals surface area contributed by atoms with Crippen LogP contribution in [0.5, 0.6) is 5.75 Å². The minimum atomic E-state index is 0.0624. The van der Waals surface area contributed by atoms with Gasteiger partial charge in [0.05, 0.1) is 25.9 Å². The number of nitrogens with zero attached hydrogens (tertiary/aromatic N) is 1. The highest BCUT2D eigenvalue weighted by molar-refractivity contribution is 5.31. The number of hydrogen-bond donors (Lipinski definition) is 1. The topological polar surface area (TPSA) is 47.7 Å². The highest BCUT2D eigenvalue weighted by Gasteiger charge is 2.32. The Labute approximate surface area is 115 Å². The lowest BCUT2D eigenvalue weighted by Gasteiger charge is -2.41. The molecule has 1 aromatic carbocycles. The van der Waals surface area contributed by atoms with Crippen LogP contribution >= 0.6 is 0 Å². The number of rotatable bonds is 5. The van der Waals surface area contributed by atoms with Gasteiger partial charge >= 0.3 is 0 Å². The minimum absolute atomic E-state index is 0.0624. The molecule has 1 fully saturated rings. The van der Waals surface area contributed by atoms with Crippen LogP contribution in [0.4, 0.5) is 0 Å². The van der Waals surface area contributed by atoms with Crippen molar-refractivity contribution in [2.45, 2.75) is 25.5 Å². The molecular formula is C15H24N2O2. The zero-order valence-corrected chi connectivity index (χ0v) is 11.8. The van der Waals surface area contributed by atoms with Gasteiger partial charge in [-0.15, -0.1) is 0 Å². The summed E-state index contributed by atoms with van der Waals surface area (Å²) < 4.78 is 11.2. The molecule has 19 heavy (non-hydrogen) atoms. The molecule has 0 aliphatic carbocycles. The monoisotopic (exact) mass is 264 g/mol. The van der Waals surface area contributed by atoms with Crippen LogP contribution < -0.4 is 10.5 Å². The molecule has 1 aliphatic heterocycles. The summed E-state index contributed by atoms with van der Waals surface area (Å²) in [6.45, 7) is 5.55. The summed E-state index contributed by atoms with van der Waals surface area (Å²) in [7, 11) is 1.70. The Morgan fingerprint density at radius 1 is 1.47 bits per heavy atom. The summed E-state index contributed by atoms with van der Waals surface area (Å²) >= 11 is 0. The lowest BCUT2D eigenvalue weighted by Crippen LogP contribution is -2.48. The third-order valence-electron chi connectivity index (χ3n) is 3.63. The predicted octanol–water partition coefficient (Wildman–Crippen LogP) is 1.81. The molecule has 0 bridgehead atoms. The van der Waals surface area contributed by atoms with Crippen molar-refractivity contribution < 1.29 is 9.47 Å². The zero-order chi connectivity index (χ0) is 13.7. The van der Waals surface area contributed by atoms with Crippen molar-refractivity contribution in [2.75, 3.05) is 33.4 Å². The number of benzene rings is 1. The molecule has 1 aromatic rings. The van der Waals surface area contributed by atoms with Crippen LogP contribution in [0.15, 0.2) is 24.3 Å². The SMILES string of the molecule is CCCN1CCOC(CN)C1c1cccc(OC)c1. The first-order chi connectivity index (χ1) is 9.30. The van der Waals surface area contributed by atoms with Crippen LogP contribution in [0.3, 0.4) is 0 Å². The quantitative estimate of drug-likeness (QED) is 0.881. The largest absolute Gasteiger partial charge is 0.497 e. The van der Waals surface area contributed by atoms with E-state index in [1.807, 2.05) is 12.1 Å². The molecule has 1 saturated heterocycles. The summed E-state index contributed by atoms with van der Waals surface area (Å²) in [5, 5.41) is 0. The molecule has 0 saturated carbocycles. The third-order valence-corrected chi connectivity index (χ3v) is 3.63. The maximum absolute atomic E-state index is 5.88. The second-order valence-corrected chi connectivity index (χ2v) is 4.90. The fourth-order valence-corrected chi connectivity index (χ4v) is 2.77. The van der Waals surface area contributed by atoms with E-state index in [0.29, 0.717) is 6.54 Å². The Bertz CT molecular complexity index is 395. The van der Waals surface area contributed by atoms with Crippen molar-refractivity contribution in [3.8, 4) is 5.75 Å². The molecule has 4 heteroatoms. The van der Waals surface area contributed by atoms with E-state index in [0.717, 1.165) is 31.9 Å². The van der Waals surface area contributed by atoms with Crippen molar-refractivity contribution in [3.05, 3.63) is 29.8 Å². The molecule has 0 amide bonds. The van der Waals surface area contributed by atoms with Gasteiger partial charge in [-0.3, -0.25) is 4.90 Å². The number of ether oxygens (including phenoxy) is 2. The highest BCUT2D eigenvalue weighted by atomic mass is 16.5. The van der Waals surface area contributed by atoms with Gasteiger partial charge in [0.15, 0.2) is 0 Å². The van der Waals surface area contributed by atoms with E-state index in [4.69, 9.17) is 15.2 Å². The minimum Gasteiger partial charge on any atom is -0.497 e. The van der Waals surface area contributed by atoms with Crippen molar-refractivity contribution in [1.82, 2.24) is 4.90 Å². The van der Waals surface area contributed by atoms with Crippen molar-refractivity contribution >= 4 is 0 Å². The molecule has 2 rings (SSSR count). The Hall–Kier alpha value is -1.10. The lowest BCUT2D eigenvalue weighted by atomic mass is 9.97. The average Bonchev–Trinajstić information content (AvgIpc) is 2.47. The van der Waals surface area contributed by atoms with E-state index in [1.165, 1.54) is 5.56 Å².